The van der Waals surface area contributed by atoms with Gasteiger partial charge in [0, 0.05) is 0 Å². The van der Waals surface area contributed by atoms with Crippen LogP contribution in [0.25, 0.3) is 11.1 Å². The Balaban J connectivity index is 0.000000386. The van der Waals surface area contributed by atoms with E-state index in [1.54, 1.807) is 0 Å². The average Bonchev–Trinajstić information content (AvgIpc) is 2.31. The van der Waals surface area contributed by atoms with Gasteiger partial charge >= 0.3 is 35.2 Å². The molecule has 2 rings (SSSR count). The average molecular weight is 342 g/mol. The molecule has 0 amide bonds. The number of halogens is 1. The molecule has 1 unspecified atom stereocenters. The number of hydrogen-bond acceptors (Lipinski definition) is 0. The van der Waals surface area contributed by atoms with Crippen molar-refractivity contribution >= 4 is 26.1 Å². The van der Waals surface area contributed by atoms with Gasteiger partial charge in [-0.25, -0.2) is 0 Å². The summed E-state index contributed by atoms with van der Waals surface area (Å²) in [6.45, 7) is 0. The third-order valence-corrected chi connectivity index (χ3v) is 2.35. The third-order valence-electron chi connectivity index (χ3n) is 1.99. The Hall–Kier alpha value is -0.178. The molecule has 0 saturated carbocycles. The molecule has 0 heterocycles. The van der Waals surface area contributed by atoms with Crippen LogP contribution in [0.1, 0.15) is 0 Å². The fraction of sp³-hybridized carbons (Fsp3) is 0.0769. The van der Waals surface area contributed by atoms with Gasteiger partial charge in [0.15, 0.2) is 0 Å². The monoisotopic (exact) mass is 341 g/mol. The Bertz CT molecular complexity index is 417. The Morgan fingerprint density at radius 2 is 1.50 bits per heavy atom. The first kappa shape index (κ1) is 13.9. The van der Waals surface area contributed by atoms with E-state index in [2.05, 4.69) is 77.0 Å². The van der Waals surface area contributed by atoms with Crippen LogP contribution in [0.2, 0.25) is 0 Å². The van der Waals surface area contributed by atoms with E-state index in [1.807, 2.05) is 6.07 Å². The predicted molar refractivity (Wildman–Crippen MR) is 71.9 cm³/mol. The van der Waals surface area contributed by atoms with E-state index < -0.39 is 0 Å². The zero-order chi connectivity index (χ0) is 11.8. The maximum atomic E-state index is 4.93. The van der Waals surface area contributed by atoms with Gasteiger partial charge in [0.25, 0.3) is 0 Å². The zero-order valence-corrected chi connectivity index (χ0v) is 12.1. The summed E-state index contributed by atoms with van der Waals surface area (Å²) in [7, 11) is 2.71. The van der Waals surface area contributed by atoms with Gasteiger partial charge in [-0.2, -0.15) is 0 Å². The van der Waals surface area contributed by atoms with E-state index in [1.165, 1.54) is 16.4 Å². The van der Waals surface area contributed by atoms with Crippen LogP contribution >= 0.6 is 20.8 Å². The van der Waals surface area contributed by atoms with Gasteiger partial charge in [-0.3, -0.25) is 0 Å². The van der Waals surface area contributed by atoms with Crippen LogP contribution < -0.4 is 5.30 Å². The van der Waals surface area contributed by atoms with Crippen LogP contribution in [-0.4, -0.2) is 4.35 Å². The van der Waals surface area contributed by atoms with Crippen LogP contribution in [0.15, 0.2) is 54.6 Å². The molecule has 0 spiro atoms. The smallest absolute Gasteiger partial charge is 0.0178 e. The van der Waals surface area contributed by atoms with Crippen molar-refractivity contribution in [3.8, 4) is 11.1 Å². The van der Waals surface area contributed by atoms with Gasteiger partial charge in [0.1, 0.15) is 0 Å². The van der Waals surface area contributed by atoms with Crippen LogP contribution in [-0.2, 0) is 19.2 Å². The Kier molecular flexibility index (Phi) is 6.94. The summed E-state index contributed by atoms with van der Waals surface area (Å²) in [6, 6.07) is 18.9. The second-order valence-electron chi connectivity index (χ2n) is 3.08. The Morgan fingerprint density at radius 3 is 2.06 bits per heavy atom. The first-order chi connectivity index (χ1) is 7.77. The maximum Gasteiger partial charge on any atom is -0.0178 e. The van der Waals surface area contributed by atoms with Crippen molar-refractivity contribution in [3.63, 3.8) is 0 Å². The van der Waals surface area contributed by atoms with Crippen molar-refractivity contribution in [2.45, 2.75) is 0 Å². The van der Waals surface area contributed by atoms with E-state index in [9.17, 15) is 0 Å². The van der Waals surface area contributed by atoms with Crippen molar-refractivity contribution in [2.24, 2.45) is 0 Å². The molecular formula is C13H13ClPPd. The largest absolute Gasteiger partial charge is 0.106 e. The molecule has 0 nitrogen and oxygen atoms in total. The molecule has 0 aliphatic heterocycles. The van der Waals surface area contributed by atoms with Crippen LogP contribution in [0.3, 0.4) is 0 Å². The summed E-state index contributed by atoms with van der Waals surface area (Å²) in [5.41, 5.74) is 2.54. The second kappa shape index (κ2) is 7.99. The third kappa shape index (κ3) is 4.77. The van der Waals surface area contributed by atoms with E-state index in [0.29, 0.717) is 4.35 Å². The normalized spacial score (nSPS) is 9.25. The van der Waals surface area contributed by atoms with Crippen LogP contribution in [0.4, 0.5) is 0 Å². The SMILES string of the molecule is Cl[CH2][Pd].Pc1cccc(-c2ccccc2)c1. The molecule has 2 aromatic carbocycles. The van der Waals surface area contributed by atoms with E-state index in [0.717, 1.165) is 0 Å². The van der Waals surface area contributed by atoms with E-state index >= 15 is 0 Å². The van der Waals surface area contributed by atoms with Crippen LogP contribution in [0.5, 0.6) is 0 Å². The molecule has 0 aliphatic carbocycles. The van der Waals surface area contributed by atoms with Gasteiger partial charge in [-0.15, -0.1) is 9.24 Å². The molecule has 0 saturated heterocycles. The number of alkyl halides is 1. The fourth-order valence-electron chi connectivity index (χ4n) is 1.35. The fourth-order valence-corrected chi connectivity index (χ4v) is 1.64. The zero-order valence-electron chi connectivity index (χ0n) is 8.67. The van der Waals surface area contributed by atoms with E-state index in [-0.39, 0.29) is 0 Å². The molecule has 0 fully saturated rings. The molecule has 0 radical (unpaired) electrons. The van der Waals surface area contributed by atoms with Gasteiger partial charge in [-0.05, 0) is 22.5 Å². The Morgan fingerprint density at radius 1 is 0.938 bits per heavy atom. The molecule has 0 N–H and O–H groups in total. The molecule has 87 valence electrons. The van der Waals surface area contributed by atoms with Gasteiger partial charge in [-0.1, -0.05) is 48.5 Å². The molecule has 0 aliphatic rings. The second-order valence-corrected chi connectivity index (χ2v) is 5.16. The number of benzene rings is 2. The van der Waals surface area contributed by atoms with Crippen molar-refractivity contribution in [1.82, 2.24) is 0 Å². The number of rotatable bonds is 1. The summed E-state index contributed by atoms with van der Waals surface area (Å²) < 4.78 is 0.572. The topological polar surface area (TPSA) is 0 Å². The molecule has 3 heteroatoms. The minimum absolute atomic E-state index is 0.572. The van der Waals surface area contributed by atoms with Gasteiger partial charge in [0.2, 0.25) is 0 Å². The molecule has 0 bridgehead atoms. The standard InChI is InChI=1S/C12H11P.CH2Cl.Pd/c13-12-8-4-7-11(9-12)10-5-2-1-3-6-10;1-2;/h1-9H,13H2;1H2;. The summed E-state index contributed by atoms with van der Waals surface area (Å²) in [5, 5.41) is 1.22. The summed E-state index contributed by atoms with van der Waals surface area (Å²) in [5.74, 6) is 0. The Labute approximate surface area is 115 Å². The summed E-state index contributed by atoms with van der Waals surface area (Å²) in [4.78, 5) is 0. The van der Waals surface area contributed by atoms with Gasteiger partial charge in [0.05, 0.1) is 0 Å². The molecular weight excluding hydrogens is 329 g/mol. The minimum Gasteiger partial charge on any atom is -0.106 e. The van der Waals surface area contributed by atoms with Crippen molar-refractivity contribution in [3.05, 3.63) is 54.6 Å². The van der Waals surface area contributed by atoms with Crippen molar-refractivity contribution in [2.75, 3.05) is 4.35 Å². The molecule has 2 aromatic rings. The predicted octanol–water partition coefficient (Wildman–Crippen LogP) is 3.58. The minimum atomic E-state index is 0.572. The van der Waals surface area contributed by atoms with Crippen molar-refractivity contribution < 1.29 is 19.2 Å². The molecule has 0 aromatic heterocycles. The first-order valence-electron chi connectivity index (χ1n) is 4.76. The molecule has 1 atom stereocenters. The maximum absolute atomic E-state index is 4.93. The van der Waals surface area contributed by atoms with Crippen LogP contribution in [0, 0.1) is 0 Å². The van der Waals surface area contributed by atoms with Crippen molar-refractivity contribution in [1.29, 1.82) is 0 Å². The summed E-state index contributed by atoms with van der Waals surface area (Å²) >= 11 is 7.64. The van der Waals surface area contributed by atoms with Gasteiger partial charge < -0.3 is 0 Å². The summed E-state index contributed by atoms with van der Waals surface area (Å²) in [6.07, 6.45) is 0. The quantitative estimate of drug-likeness (QED) is 0.422. The number of hydrogen-bond donors (Lipinski definition) is 0. The molecule has 16 heavy (non-hydrogen) atoms. The van der Waals surface area contributed by atoms with E-state index in [4.69, 9.17) is 11.6 Å². The first-order valence-corrected chi connectivity index (χ1v) is 6.97.